The summed E-state index contributed by atoms with van der Waals surface area (Å²) in [7, 11) is 0. The van der Waals surface area contributed by atoms with Crippen molar-refractivity contribution in [1.29, 1.82) is 5.41 Å². The van der Waals surface area contributed by atoms with Gasteiger partial charge in [-0.3, -0.25) is 20.3 Å². The molecular formula is C22H14F3N7O3. The third kappa shape index (κ3) is 6.29. The van der Waals surface area contributed by atoms with Crippen LogP contribution in [-0.4, -0.2) is 27.1 Å². The molecule has 0 spiro atoms. The Bertz CT molecular complexity index is 1390. The molecule has 0 atom stereocenters. The molecular weight excluding hydrogens is 467 g/mol. The van der Waals surface area contributed by atoms with Crippen molar-refractivity contribution in [1.82, 2.24) is 9.97 Å². The van der Waals surface area contributed by atoms with Crippen LogP contribution in [0.4, 0.5) is 30.4 Å². The lowest BCUT2D eigenvalue weighted by atomic mass is 10.0. The maximum absolute atomic E-state index is 13.1. The summed E-state index contributed by atoms with van der Waals surface area (Å²) in [4.78, 5) is 30.8. The van der Waals surface area contributed by atoms with Gasteiger partial charge in [-0.1, -0.05) is 12.0 Å². The number of anilines is 1. The van der Waals surface area contributed by atoms with Gasteiger partial charge in [-0.2, -0.15) is 13.2 Å². The van der Waals surface area contributed by atoms with Crippen molar-refractivity contribution >= 4 is 29.4 Å². The standard InChI is InChI=1S/C22H14F3N7O3/c1-13-14(5-6-16-10-28-20(11-27-16)31-29-12-26)3-2-4-19(13)21(33)30-17-7-15(22(23,24)25)8-18(9-17)32(34)35/h2-4,7-12,26H,1H3,(H,30,33). The number of amides is 1. The lowest BCUT2D eigenvalue weighted by Gasteiger charge is -2.12. The molecule has 1 aromatic heterocycles. The maximum Gasteiger partial charge on any atom is 0.416 e. The molecule has 176 valence electrons. The second-order valence-electron chi connectivity index (χ2n) is 6.81. The molecule has 1 amide bonds. The van der Waals surface area contributed by atoms with Crippen molar-refractivity contribution in [2.45, 2.75) is 13.1 Å². The van der Waals surface area contributed by atoms with E-state index >= 15 is 0 Å². The van der Waals surface area contributed by atoms with Crippen molar-refractivity contribution in [2.75, 3.05) is 5.32 Å². The topological polar surface area (TPSA) is 147 Å². The number of hydrogen-bond acceptors (Lipinski definition) is 7. The monoisotopic (exact) mass is 481 g/mol. The molecule has 35 heavy (non-hydrogen) atoms. The number of carbonyl (C=O) groups excluding carboxylic acids is 1. The average Bonchev–Trinajstić information content (AvgIpc) is 2.82. The number of azo groups is 1. The summed E-state index contributed by atoms with van der Waals surface area (Å²) in [6, 6.07) is 6.47. The van der Waals surface area contributed by atoms with E-state index in [1.165, 1.54) is 24.5 Å². The van der Waals surface area contributed by atoms with Gasteiger partial charge in [0.1, 0.15) is 12.0 Å². The van der Waals surface area contributed by atoms with Gasteiger partial charge in [0, 0.05) is 28.9 Å². The molecule has 3 rings (SSSR count). The SMILES string of the molecule is Cc1c(C#Cc2cnc(N=NC=N)cn2)cccc1C(=O)Nc1cc([N+](=O)[O-])cc(C(F)(F)F)c1. The number of hydrogen-bond donors (Lipinski definition) is 2. The van der Waals surface area contributed by atoms with E-state index in [4.69, 9.17) is 5.41 Å². The Labute approximate surface area is 195 Å². The highest BCUT2D eigenvalue weighted by molar-refractivity contribution is 6.05. The normalized spacial score (nSPS) is 11.0. The summed E-state index contributed by atoms with van der Waals surface area (Å²) in [5, 5.41) is 27.1. The highest BCUT2D eigenvalue weighted by atomic mass is 19.4. The highest BCUT2D eigenvalue weighted by Crippen LogP contribution is 2.34. The van der Waals surface area contributed by atoms with Gasteiger partial charge in [-0.15, -0.1) is 10.2 Å². The van der Waals surface area contributed by atoms with E-state index in [1.54, 1.807) is 13.0 Å². The Balaban J connectivity index is 1.87. The summed E-state index contributed by atoms with van der Waals surface area (Å²) < 4.78 is 39.3. The van der Waals surface area contributed by atoms with E-state index in [0.29, 0.717) is 29.0 Å². The fourth-order valence-electron chi connectivity index (χ4n) is 2.82. The minimum absolute atomic E-state index is 0.116. The number of non-ortho nitro benzene ring substituents is 1. The zero-order valence-corrected chi connectivity index (χ0v) is 17.8. The predicted molar refractivity (Wildman–Crippen MR) is 119 cm³/mol. The Morgan fingerprint density at radius 2 is 1.97 bits per heavy atom. The Morgan fingerprint density at radius 3 is 2.60 bits per heavy atom. The minimum Gasteiger partial charge on any atom is -0.322 e. The molecule has 0 aliphatic carbocycles. The molecule has 10 nitrogen and oxygen atoms in total. The van der Waals surface area contributed by atoms with E-state index in [9.17, 15) is 28.1 Å². The van der Waals surface area contributed by atoms with Gasteiger partial charge in [0.2, 0.25) is 0 Å². The van der Waals surface area contributed by atoms with Crippen LogP contribution in [-0.2, 0) is 6.18 Å². The second kappa shape index (κ2) is 10.3. The van der Waals surface area contributed by atoms with Crippen molar-refractivity contribution < 1.29 is 22.9 Å². The van der Waals surface area contributed by atoms with Crippen LogP contribution in [0.3, 0.4) is 0 Å². The fraction of sp³-hybridized carbons (Fsp3) is 0.0909. The molecule has 3 aromatic rings. The average molecular weight is 481 g/mol. The largest absolute Gasteiger partial charge is 0.416 e. The third-order valence-electron chi connectivity index (χ3n) is 4.47. The molecule has 2 N–H and O–H groups in total. The van der Waals surface area contributed by atoms with E-state index in [1.807, 2.05) is 0 Å². The highest BCUT2D eigenvalue weighted by Gasteiger charge is 2.33. The van der Waals surface area contributed by atoms with Crippen LogP contribution in [0.25, 0.3) is 0 Å². The van der Waals surface area contributed by atoms with Crippen LogP contribution >= 0.6 is 0 Å². The number of aromatic nitrogens is 2. The quantitative estimate of drug-likeness (QED) is 0.131. The first kappa shape index (κ1) is 24.6. The fourth-order valence-corrected chi connectivity index (χ4v) is 2.82. The number of rotatable bonds is 5. The van der Waals surface area contributed by atoms with Crippen molar-refractivity contribution in [3.63, 3.8) is 0 Å². The Hall–Kier alpha value is -4.99. The summed E-state index contributed by atoms with van der Waals surface area (Å²) in [5.41, 5.74) is -1.15. The number of nitrogens with one attached hydrogen (secondary N) is 2. The first-order valence-corrected chi connectivity index (χ1v) is 9.60. The first-order valence-electron chi connectivity index (χ1n) is 9.60. The molecule has 2 aromatic carbocycles. The summed E-state index contributed by atoms with van der Waals surface area (Å²) in [6.45, 7) is 1.60. The zero-order chi connectivity index (χ0) is 25.6. The van der Waals surface area contributed by atoms with Crippen LogP contribution in [0.15, 0.2) is 59.0 Å². The van der Waals surface area contributed by atoms with Crippen LogP contribution in [0.1, 0.15) is 32.7 Å². The molecule has 0 aliphatic heterocycles. The molecule has 0 aliphatic rings. The smallest absolute Gasteiger partial charge is 0.322 e. The number of nitro benzene ring substituents is 1. The molecule has 0 radical (unpaired) electrons. The number of alkyl halides is 3. The summed E-state index contributed by atoms with van der Waals surface area (Å²) in [5.74, 6) is 5.04. The van der Waals surface area contributed by atoms with E-state index in [2.05, 4.69) is 37.4 Å². The van der Waals surface area contributed by atoms with Gasteiger partial charge in [-0.25, -0.2) is 9.97 Å². The maximum atomic E-state index is 13.1. The number of carbonyl (C=O) groups is 1. The van der Waals surface area contributed by atoms with Crippen molar-refractivity contribution in [3.8, 4) is 11.8 Å². The predicted octanol–water partition coefficient (Wildman–Crippen LogP) is 5.05. The second-order valence-corrected chi connectivity index (χ2v) is 6.81. The van der Waals surface area contributed by atoms with Gasteiger partial charge in [0.05, 0.1) is 22.9 Å². The van der Waals surface area contributed by atoms with Gasteiger partial charge >= 0.3 is 6.18 Å². The van der Waals surface area contributed by atoms with Gasteiger partial charge in [-0.05, 0) is 36.6 Å². The molecule has 1 heterocycles. The van der Waals surface area contributed by atoms with Crippen molar-refractivity contribution in [2.24, 2.45) is 10.2 Å². The van der Waals surface area contributed by atoms with Gasteiger partial charge in [0.25, 0.3) is 11.6 Å². The third-order valence-corrected chi connectivity index (χ3v) is 4.47. The van der Waals surface area contributed by atoms with Crippen molar-refractivity contribution in [3.05, 3.63) is 86.9 Å². The van der Waals surface area contributed by atoms with Crippen LogP contribution in [0.2, 0.25) is 0 Å². The molecule has 0 saturated heterocycles. The van der Waals surface area contributed by atoms with E-state index < -0.39 is 28.3 Å². The summed E-state index contributed by atoms with van der Waals surface area (Å²) in [6.07, 6.45) is -1.43. The van der Waals surface area contributed by atoms with Gasteiger partial charge in [0.15, 0.2) is 5.82 Å². The number of halogens is 3. The Morgan fingerprint density at radius 1 is 1.20 bits per heavy atom. The lowest BCUT2D eigenvalue weighted by molar-refractivity contribution is -0.385. The first-order chi connectivity index (χ1) is 16.6. The molecule has 0 saturated carbocycles. The van der Waals surface area contributed by atoms with Gasteiger partial charge < -0.3 is 5.32 Å². The zero-order valence-electron chi connectivity index (χ0n) is 17.8. The minimum atomic E-state index is -4.83. The number of nitro groups is 1. The van der Waals surface area contributed by atoms with Crippen LogP contribution < -0.4 is 5.32 Å². The Kier molecular flexibility index (Phi) is 7.25. The molecule has 0 fully saturated rings. The summed E-state index contributed by atoms with van der Waals surface area (Å²) >= 11 is 0. The molecule has 13 heteroatoms. The van der Waals surface area contributed by atoms with E-state index in [0.717, 1.165) is 12.4 Å². The molecule has 0 bridgehead atoms. The number of benzene rings is 2. The van der Waals surface area contributed by atoms with Crippen LogP contribution in [0.5, 0.6) is 0 Å². The number of nitrogens with zero attached hydrogens (tertiary/aromatic N) is 5. The lowest BCUT2D eigenvalue weighted by Crippen LogP contribution is -2.15. The van der Waals surface area contributed by atoms with E-state index in [-0.39, 0.29) is 17.1 Å². The molecule has 0 unspecified atom stereocenters. The van der Waals surface area contributed by atoms with Crippen LogP contribution in [0, 0.1) is 34.3 Å².